The molecule has 14 heavy (non-hydrogen) atoms. The zero-order valence-electron chi connectivity index (χ0n) is 5.98. The summed E-state index contributed by atoms with van der Waals surface area (Å²) in [6.45, 7) is 0. The van der Waals surface area contributed by atoms with E-state index >= 15 is 0 Å². The van der Waals surface area contributed by atoms with E-state index in [9.17, 15) is 39.5 Å². The fourth-order valence-corrected chi connectivity index (χ4v) is 0.402. The van der Waals surface area contributed by atoms with E-state index in [4.69, 9.17) is 0 Å². The van der Waals surface area contributed by atoms with Gasteiger partial charge in [0.25, 0.3) is 0 Å². The molecule has 0 nitrogen and oxygen atoms in total. The Kier molecular flexibility index (Phi) is 3.46. The Labute approximate surface area is 71.0 Å². The molecule has 0 aliphatic carbocycles. The molecule has 0 radical (unpaired) electrons. The molecule has 84 valence electrons. The van der Waals surface area contributed by atoms with Crippen LogP contribution in [0.25, 0.3) is 0 Å². The van der Waals surface area contributed by atoms with Crippen molar-refractivity contribution >= 4 is 0 Å². The van der Waals surface area contributed by atoms with Crippen LogP contribution in [0, 0.1) is 0 Å². The number of hydrogen-bond acceptors (Lipinski definition) is 0. The van der Waals surface area contributed by atoms with Gasteiger partial charge >= 0.3 is 24.4 Å². The maximum Gasteiger partial charge on any atom is 0.376 e. The van der Waals surface area contributed by atoms with E-state index in [2.05, 4.69) is 0 Å². The van der Waals surface area contributed by atoms with Crippen LogP contribution < -0.4 is 0 Å². The van der Waals surface area contributed by atoms with Crippen LogP contribution in [-0.4, -0.2) is 18.3 Å². The first-order valence-electron chi connectivity index (χ1n) is 2.80. The first kappa shape index (κ1) is 13.1. The average Bonchev–Trinajstić information content (AvgIpc) is 2.01. The van der Waals surface area contributed by atoms with Crippen molar-refractivity contribution in [2.75, 3.05) is 0 Å². The topological polar surface area (TPSA) is 0 Å². The smallest absolute Gasteiger partial charge is 0.203 e. The Morgan fingerprint density at radius 2 is 1.21 bits per heavy atom. The van der Waals surface area contributed by atoms with E-state index in [-0.39, 0.29) is 0 Å². The normalized spacial score (nSPS) is 13.3. The molecule has 9 heteroatoms. The molecule has 0 bridgehead atoms. The molecule has 0 saturated carbocycles. The minimum Gasteiger partial charge on any atom is -0.203 e. The van der Waals surface area contributed by atoms with Gasteiger partial charge in [-0.2, -0.15) is 30.7 Å². The quantitative estimate of drug-likeness (QED) is 0.652. The number of allylic oxidation sites excluding steroid dienone is 1. The largest absolute Gasteiger partial charge is 0.376 e. The molecule has 0 spiro atoms. The second-order valence-corrected chi connectivity index (χ2v) is 2.07. The second kappa shape index (κ2) is 3.70. The first-order valence-corrected chi connectivity index (χ1v) is 2.80. The molecule has 0 unspecified atom stereocenters. The highest BCUT2D eigenvalue weighted by Gasteiger charge is 2.67. The van der Waals surface area contributed by atoms with Crippen molar-refractivity contribution in [1.82, 2.24) is 0 Å². The number of alkyl halides is 6. The van der Waals surface area contributed by atoms with Crippen molar-refractivity contribution in [3.05, 3.63) is 11.9 Å². The van der Waals surface area contributed by atoms with Gasteiger partial charge in [-0.25, -0.2) is 8.78 Å². The van der Waals surface area contributed by atoms with Gasteiger partial charge in [-0.1, -0.05) is 0 Å². The Morgan fingerprint density at radius 3 is 1.43 bits per heavy atom. The fourth-order valence-electron chi connectivity index (χ4n) is 0.402. The Hall–Kier alpha value is -0.890. The van der Waals surface area contributed by atoms with Crippen LogP contribution in [0.3, 0.4) is 0 Å². The van der Waals surface area contributed by atoms with Crippen LogP contribution in [0.15, 0.2) is 11.9 Å². The van der Waals surface area contributed by atoms with E-state index in [0.717, 1.165) is 0 Å². The maximum absolute atomic E-state index is 12.0. The van der Waals surface area contributed by atoms with Gasteiger partial charge < -0.3 is 0 Å². The van der Waals surface area contributed by atoms with Crippen LogP contribution in [0.1, 0.15) is 0 Å². The van der Waals surface area contributed by atoms with E-state index in [0.29, 0.717) is 0 Å². The predicted molar refractivity (Wildman–Crippen MR) is 26.2 cm³/mol. The molecular formula is C5HF9. The molecule has 0 saturated heterocycles. The minimum atomic E-state index is -6.22. The van der Waals surface area contributed by atoms with Gasteiger partial charge in [-0.3, -0.25) is 0 Å². The van der Waals surface area contributed by atoms with Gasteiger partial charge in [0.05, 0.1) is 0 Å². The molecule has 0 heterocycles. The molecule has 0 aromatic rings. The highest BCUT2D eigenvalue weighted by Crippen LogP contribution is 2.45. The Morgan fingerprint density at radius 1 is 0.857 bits per heavy atom. The van der Waals surface area contributed by atoms with Crippen LogP contribution in [0.4, 0.5) is 39.5 Å². The van der Waals surface area contributed by atoms with Crippen LogP contribution in [0.5, 0.6) is 0 Å². The standard InChI is InChI=1S/C5HF9/c6-1(2(7)8)4(11,12)5(13,14)3(9)10/h3H. The zero-order chi connectivity index (χ0) is 11.7. The SMILES string of the molecule is FC(F)=C(F)C(F)(F)C(F)(F)C(F)F. The summed E-state index contributed by atoms with van der Waals surface area (Å²) < 4.78 is 104. The molecular weight excluding hydrogens is 231 g/mol. The highest BCUT2D eigenvalue weighted by atomic mass is 19.3. The van der Waals surface area contributed by atoms with Crippen LogP contribution >= 0.6 is 0 Å². The fraction of sp³-hybridized carbons (Fsp3) is 0.600. The Bertz CT molecular complexity index is 236. The van der Waals surface area contributed by atoms with Gasteiger partial charge in [0.2, 0.25) is 5.83 Å². The molecule has 0 rings (SSSR count). The molecule has 0 aromatic carbocycles. The summed E-state index contributed by atoms with van der Waals surface area (Å²) in [5, 5.41) is 0. The van der Waals surface area contributed by atoms with Crippen molar-refractivity contribution in [1.29, 1.82) is 0 Å². The molecule has 0 aliphatic heterocycles. The van der Waals surface area contributed by atoms with Crippen molar-refractivity contribution in [2.45, 2.75) is 18.3 Å². The summed E-state index contributed by atoms with van der Waals surface area (Å²) >= 11 is 0. The lowest BCUT2D eigenvalue weighted by Crippen LogP contribution is -2.47. The van der Waals surface area contributed by atoms with Gasteiger partial charge in [0.1, 0.15) is 0 Å². The van der Waals surface area contributed by atoms with E-state index < -0.39 is 30.2 Å². The first-order chi connectivity index (χ1) is 6.05. The van der Waals surface area contributed by atoms with E-state index in [1.165, 1.54) is 0 Å². The highest BCUT2D eigenvalue weighted by molar-refractivity contribution is 5.11. The predicted octanol–water partition coefficient (Wildman–Crippen LogP) is 3.60. The van der Waals surface area contributed by atoms with Crippen molar-refractivity contribution in [3.63, 3.8) is 0 Å². The number of halogens is 9. The monoisotopic (exact) mass is 232 g/mol. The van der Waals surface area contributed by atoms with E-state index in [1.54, 1.807) is 0 Å². The van der Waals surface area contributed by atoms with Crippen LogP contribution in [-0.2, 0) is 0 Å². The van der Waals surface area contributed by atoms with Gasteiger partial charge in [-0.05, 0) is 0 Å². The van der Waals surface area contributed by atoms with Gasteiger partial charge in [-0.15, -0.1) is 0 Å². The summed E-state index contributed by atoms with van der Waals surface area (Å²) in [6, 6.07) is 0. The number of hydrogen-bond donors (Lipinski definition) is 0. The lowest BCUT2D eigenvalue weighted by Gasteiger charge is -2.23. The molecule has 0 aromatic heterocycles. The lowest BCUT2D eigenvalue weighted by molar-refractivity contribution is -0.254. The maximum atomic E-state index is 12.0. The summed E-state index contributed by atoms with van der Waals surface area (Å²) in [4.78, 5) is 0. The molecule has 0 N–H and O–H groups in total. The minimum absolute atomic E-state index is 3.77. The summed E-state index contributed by atoms with van der Waals surface area (Å²) in [5.74, 6) is -16.3. The third-order valence-electron chi connectivity index (χ3n) is 1.13. The van der Waals surface area contributed by atoms with Gasteiger partial charge in [0, 0.05) is 0 Å². The summed E-state index contributed by atoms with van der Waals surface area (Å²) in [7, 11) is 0. The summed E-state index contributed by atoms with van der Waals surface area (Å²) in [5.41, 5.74) is 0. The van der Waals surface area contributed by atoms with Gasteiger partial charge in [0.15, 0.2) is 0 Å². The molecule has 0 fully saturated rings. The Balaban J connectivity index is 5.26. The third kappa shape index (κ3) is 1.95. The molecule has 0 amide bonds. The van der Waals surface area contributed by atoms with Crippen LogP contribution in [0.2, 0.25) is 0 Å². The third-order valence-corrected chi connectivity index (χ3v) is 1.13. The average molecular weight is 232 g/mol. The van der Waals surface area contributed by atoms with E-state index in [1.807, 2.05) is 0 Å². The lowest BCUT2D eigenvalue weighted by atomic mass is 10.1. The van der Waals surface area contributed by atoms with Crippen molar-refractivity contribution in [3.8, 4) is 0 Å². The molecule has 0 atom stereocenters. The second-order valence-electron chi connectivity index (χ2n) is 2.07. The molecule has 0 aliphatic rings. The zero-order valence-corrected chi connectivity index (χ0v) is 5.98. The number of rotatable bonds is 3. The van der Waals surface area contributed by atoms with Crippen molar-refractivity contribution < 1.29 is 39.5 Å². The van der Waals surface area contributed by atoms with Crippen molar-refractivity contribution in [2.24, 2.45) is 0 Å². The summed E-state index contributed by atoms with van der Waals surface area (Å²) in [6.07, 6.45) is -8.72.